The van der Waals surface area contributed by atoms with Crippen LogP contribution in [0.5, 0.6) is 0 Å². The predicted octanol–water partition coefficient (Wildman–Crippen LogP) is 3.30. The Morgan fingerprint density at radius 3 is 2.75 bits per heavy atom. The standard InChI is InChI=1S/C24H28N6O2/c1-2-30-15-21(22(29-25)14-26-8-5-9-31)23(32)20-12-19(13-27-24(20)30)28-18-10-16-6-3-4-7-17(16)11-18/h3-4,6-7,12-15,18,25-26,28,31H,2,5,8-11H2,1H3/b22-14-,29-25?. The fourth-order valence-electron chi connectivity index (χ4n) is 4.19. The molecule has 4 rings (SSSR count). The van der Waals surface area contributed by atoms with Gasteiger partial charge in [-0.2, -0.15) is 5.11 Å². The maximum atomic E-state index is 13.3. The molecular weight excluding hydrogens is 404 g/mol. The summed E-state index contributed by atoms with van der Waals surface area (Å²) in [7, 11) is 0. The summed E-state index contributed by atoms with van der Waals surface area (Å²) in [5.41, 5.74) is 12.1. The van der Waals surface area contributed by atoms with Gasteiger partial charge in [0, 0.05) is 38.1 Å². The van der Waals surface area contributed by atoms with Crippen LogP contribution in [-0.2, 0) is 19.4 Å². The molecule has 8 nitrogen and oxygen atoms in total. The summed E-state index contributed by atoms with van der Waals surface area (Å²) in [6, 6.07) is 10.6. The second-order valence-corrected chi connectivity index (χ2v) is 7.94. The molecule has 0 fully saturated rings. The quantitative estimate of drug-likeness (QED) is 0.306. The number of fused-ring (bicyclic) bond motifs is 2. The van der Waals surface area contributed by atoms with Gasteiger partial charge in [-0.25, -0.2) is 10.5 Å². The highest BCUT2D eigenvalue weighted by Gasteiger charge is 2.21. The zero-order chi connectivity index (χ0) is 22.5. The second kappa shape index (κ2) is 9.74. The normalized spacial score (nSPS) is 13.9. The number of aromatic nitrogens is 2. The van der Waals surface area contributed by atoms with Crippen LogP contribution in [0.2, 0.25) is 0 Å². The van der Waals surface area contributed by atoms with E-state index in [1.165, 1.54) is 11.1 Å². The summed E-state index contributed by atoms with van der Waals surface area (Å²) in [6.45, 7) is 3.22. The summed E-state index contributed by atoms with van der Waals surface area (Å²) in [4.78, 5) is 17.9. The first-order valence-corrected chi connectivity index (χ1v) is 10.9. The van der Waals surface area contributed by atoms with Crippen LogP contribution in [0.1, 0.15) is 30.0 Å². The molecule has 0 saturated carbocycles. The molecule has 0 atom stereocenters. The van der Waals surface area contributed by atoms with E-state index < -0.39 is 0 Å². The molecule has 3 aromatic rings. The molecular formula is C24H28N6O2. The third-order valence-corrected chi connectivity index (χ3v) is 5.79. The number of benzene rings is 1. The van der Waals surface area contributed by atoms with E-state index in [2.05, 4.69) is 45.0 Å². The van der Waals surface area contributed by atoms with Crippen molar-refractivity contribution in [2.24, 2.45) is 5.11 Å². The van der Waals surface area contributed by atoms with Gasteiger partial charge in [-0.05, 0) is 43.4 Å². The first kappa shape index (κ1) is 21.7. The van der Waals surface area contributed by atoms with E-state index in [4.69, 9.17) is 10.6 Å². The van der Waals surface area contributed by atoms with E-state index in [9.17, 15) is 4.79 Å². The molecule has 1 aliphatic rings. The number of aryl methyl sites for hydroxylation is 1. The Hall–Kier alpha value is -3.52. The van der Waals surface area contributed by atoms with E-state index in [1.54, 1.807) is 18.6 Å². The maximum absolute atomic E-state index is 13.3. The third-order valence-electron chi connectivity index (χ3n) is 5.79. The lowest BCUT2D eigenvalue weighted by molar-refractivity contribution is 0.288. The number of hydrogen-bond donors (Lipinski definition) is 4. The van der Waals surface area contributed by atoms with Gasteiger partial charge in [0.15, 0.2) is 0 Å². The molecule has 32 heavy (non-hydrogen) atoms. The molecule has 2 aromatic heterocycles. The number of rotatable bonds is 9. The molecule has 1 aromatic carbocycles. The van der Waals surface area contributed by atoms with Crippen LogP contribution in [0.4, 0.5) is 5.69 Å². The lowest BCUT2D eigenvalue weighted by Gasteiger charge is -2.15. The highest BCUT2D eigenvalue weighted by molar-refractivity contribution is 5.82. The van der Waals surface area contributed by atoms with Crippen molar-refractivity contribution in [1.82, 2.24) is 14.9 Å². The van der Waals surface area contributed by atoms with Gasteiger partial charge in [-0.3, -0.25) is 4.79 Å². The maximum Gasteiger partial charge on any atom is 0.200 e. The summed E-state index contributed by atoms with van der Waals surface area (Å²) in [5.74, 6) is 0. The number of nitrogens with zero attached hydrogens (tertiary/aromatic N) is 3. The summed E-state index contributed by atoms with van der Waals surface area (Å²) < 4.78 is 1.90. The van der Waals surface area contributed by atoms with Crippen LogP contribution in [0, 0.1) is 5.53 Å². The van der Waals surface area contributed by atoms with E-state index in [1.807, 2.05) is 17.6 Å². The Morgan fingerprint density at radius 1 is 1.34 bits per heavy atom. The van der Waals surface area contributed by atoms with Crippen LogP contribution in [0.25, 0.3) is 16.7 Å². The Bertz CT molecular complexity index is 1190. The van der Waals surface area contributed by atoms with Crippen molar-refractivity contribution in [2.45, 2.75) is 38.8 Å². The van der Waals surface area contributed by atoms with E-state index in [0.29, 0.717) is 36.1 Å². The van der Waals surface area contributed by atoms with E-state index in [0.717, 1.165) is 18.5 Å². The summed E-state index contributed by atoms with van der Waals surface area (Å²) in [6.07, 6.45) is 7.49. The fourth-order valence-corrected chi connectivity index (χ4v) is 4.19. The molecule has 8 heteroatoms. The minimum absolute atomic E-state index is 0.0698. The third kappa shape index (κ3) is 4.40. The van der Waals surface area contributed by atoms with Gasteiger partial charge in [0.25, 0.3) is 0 Å². The first-order valence-electron chi connectivity index (χ1n) is 10.9. The minimum atomic E-state index is -0.207. The van der Waals surface area contributed by atoms with Crippen molar-refractivity contribution in [3.63, 3.8) is 0 Å². The molecule has 2 heterocycles. The Kier molecular flexibility index (Phi) is 6.61. The van der Waals surface area contributed by atoms with Crippen molar-refractivity contribution in [3.05, 3.63) is 75.8 Å². The van der Waals surface area contributed by atoms with Crippen molar-refractivity contribution in [3.8, 4) is 0 Å². The van der Waals surface area contributed by atoms with Gasteiger partial charge in [-0.1, -0.05) is 24.3 Å². The van der Waals surface area contributed by atoms with E-state index in [-0.39, 0.29) is 23.8 Å². The van der Waals surface area contributed by atoms with Crippen LogP contribution in [0.3, 0.4) is 0 Å². The Labute approximate surface area is 186 Å². The van der Waals surface area contributed by atoms with Crippen molar-refractivity contribution < 1.29 is 5.11 Å². The van der Waals surface area contributed by atoms with Gasteiger partial charge in [0.1, 0.15) is 11.3 Å². The van der Waals surface area contributed by atoms with E-state index >= 15 is 0 Å². The van der Waals surface area contributed by atoms with Crippen LogP contribution in [0.15, 0.2) is 58.8 Å². The smallest absolute Gasteiger partial charge is 0.200 e. The molecule has 0 spiro atoms. The zero-order valence-electron chi connectivity index (χ0n) is 18.1. The van der Waals surface area contributed by atoms with Gasteiger partial charge < -0.3 is 20.3 Å². The van der Waals surface area contributed by atoms with Crippen molar-refractivity contribution in [2.75, 3.05) is 18.5 Å². The zero-order valence-corrected chi connectivity index (χ0v) is 18.1. The molecule has 0 bridgehead atoms. The number of aliphatic hydroxyl groups excluding tert-OH is 1. The van der Waals surface area contributed by atoms with Crippen LogP contribution in [-0.4, -0.2) is 33.9 Å². The topological polar surface area (TPSA) is 115 Å². The summed E-state index contributed by atoms with van der Waals surface area (Å²) >= 11 is 0. The number of hydrogen-bond acceptors (Lipinski definition) is 7. The number of nitrogens with one attached hydrogen (secondary N) is 3. The van der Waals surface area contributed by atoms with Crippen LogP contribution >= 0.6 is 0 Å². The monoisotopic (exact) mass is 432 g/mol. The molecule has 0 unspecified atom stereocenters. The lowest BCUT2D eigenvalue weighted by atomic mass is 10.1. The average Bonchev–Trinajstić information content (AvgIpc) is 3.22. The molecule has 0 saturated heterocycles. The Morgan fingerprint density at radius 2 is 2.09 bits per heavy atom. The van der Waals surface area contributed by atoms with Crippen molar-refractivity contribution >= 4 is 22.4 Å². The molecule has 4 N–H and O–H groups in total. The number of aliphatic hydroxyl groups is 1. The SMILES string of the molecule is CCn1cc(/C(=C/NCCCO)N=N)c(=O)c2cc(NC3Cc4ccccc4C3)cnc21. The second-order valence-electron chi connectivity index (χ2n) is 7.94. The number of anilines is 1. The highest BCUT2D eigenvalue weighted by Crippen LogP contribution is 2.25. The average molecular weight is 433 g/mol. The van der Waals surface area contributed by atoms with Crippen LogP contribution < -0.4 is 16.1 Å². The largest absolute Gasteiger partial charge is 0.396 e. The highest BCUT2D eigenvalue weighted by atomic mass is 16.3. The molecule has 1 aliphatic carbocycles. The molecule has 166 valence electrons. The predicted molar refractivity (Wildman–Crippen MR) is 126 cm³/mol. The summed E-state index contributed by atoms with van der Waals surface area (Å²) in [5, 5.41) is 19.5. The van der Waals surface area contributed by atoms with Crippen molar-refractivity contribution in [1.29, 1.82) is 5.53 Å². The van der Waals surface area contributed by atoms with Gasteiger partial charge in [0.05, 0.1) is 22.8 Å². The number of pyridine rings is 2. The molecule has 0 amide bonds. The van der Waals surface area contributed by atoms with Gasteiger partial charge in [0.2, 0.25) is 5.43 Å². The minimum Gasteiger partial charge on any atom is -0.396 e. The fraction of sp³-hybridized carbons (Fsp3) is 0.333. The van der Waals surface area contributed by atoms with Gasteiger partial charge in [-0.15, -0.1) is 0 Å². The Balaban J connectivity index is 1.66. The lowest BCUT2D eigenvalue weighted by Crippen LogP contribution is -2.21. The van der Waals surface area contributed by atoms with Gasteiger partial charge >= 0.3 is 0 Å². The first-order chi connectivity index (χ1) is 15.6. The molecule has 0 aliphatic heterocycles. The molecule has 0 radical (unpaired) electrons.